The lowest BCUT2D eigenvalue weighted by Crippen LogP contribution is -2.03. The number of hydrogen-bond donors (Lipinski definition) is 0. The quantitative estimate of drug-likeness (QED) is 0.177. The molecule has 0 aliphatic rings. The lowest BCUT2D eigenvalue weighted by atomic mass is 9.91. The van der Waals surface area contributed by atoms with Gasteiger partial charge in [0.15, 0.2) is 23.3 Å². The number of benzene rings is 5. The maximum Gasteiger partial charge on any atom is 0.170 e. The van der Waals surface area contributed by atoms with E-state index in [1.54, 1.807) is 13.0 Å². The Morgan fingerprint density at radius 3 is 1.22 bits per heavy atom. The van der Waals surface area contributed by atoms with E-state index in [2.05, 4.69) is 6.07 Å². The van der Waals surface area contributed by atoms with E-state index in [1.165, 1.54) is 6.07 Å². The predicted octanol–water partition coefficient (Wildman–Crippen LogP) is 9.53. The Balaban J connectivity index is 1.74. The van der Waals surface area contributed by atoms with Gasteiger partial charge in [0.05, 0.1) is 5.56 Å². The van der Waals surface area contributed by atoms with Crippen molar-refractivity contribution in [1.82, 2.24) is 0 Å². The van der Waals surface area contributed by atoms with Gasteiger partial charge in [-0.25, -0.2) is 17.6 Å². The van der Waals surface area contributed by atoms with Gasteiger partial charge in [0, 0.05) is 5.56 Å². The van der Waals surface area contributed by atoms with Gasteiger partial charge in [0.1, 0.15) is 0 Å². The summed E-state index contributed by atoms with van der Waals surface area (Å²) in [6.45, 7) is 2.80. The van der Waals surface area contributed by atoms with E-state index in [0.29, 0.717) is 11.1 Å². The molecular weight excluding hydrogens is 460 g/mol. The van der Waals surface area contributed by atoms with Crippen LogP contribution in [-0.4, -0.2) is 0 Å². The smallest absolute Gasteiger partial charge is 0.170 e. The molecule has 178 valence electrons. The lowest BCUT2D eigenvalue weighted by Gasteiger charge is -2.15. The van der Waals surface area contributed by atoms with Crippen LogP contribution in [0.4, 0.5) is 17.6 Å². The molecule has 0 heterocycles. The molecule has 5 aromatic rings. The molecule has 0 saturated carbocycles. The van der Waals surface area contributed by atoms with Crippen LogP contribution in [0.1, 0.15) is 11.1 Å². The maximum absolute atomic E-state index is 14.8. The van der Waals surface area contributed by atoms with E-state index < -0.39 is 34.4 Å². The van der Waals surface area contributed by atoms with Crippen LogP contribution in [0.25, 0.3) is 44.5 Å². The molecule has 0 spiro atoms. The summed E-state index contributed by atoms with van der Waals surface area (Å²) in [6.07, 6.45) is 0. The van der Waals surface area contributed by atoms with E-state index in [1.807, 2.05) is 78.9 Å². The first-order valence-corrected chi connectivity index (χ1v) is 11.5. The zero-order valence-corrected chi connectivity index (χ0v) is 19.7. The average Bonchev–Trinajstić information content (AvgIpc) is 2.91. The fourth-order valence-electron chi connectivity index (χ4n) is 4.48. The summed E-state index contributed by atoms with van der Waals surface area (Å²) in [5, 5.41) is 0. The van der Waals surface area contributed by atoms with Crippen molar-refractivity contribution < 1.29 is 17.6 Å². The molecule has 0 unspecified atom stereocenters. The summed E-state index contributed by atoms with van der Waals surface area (Å²) in [7, 11) is 0. The molecular formula is C32H22F4. The minimum Gasteiger partial charge on any atom is -0.203 e. The van der Waals surface area contributed by atoms with E-state index >= 15 is 0 Å². The summed E-state index contributed by atoms with van der Waals surface area (Å²) >= 11 is 0. The van der Waals surface area contributed by atoms with E-state index in [0.717, 1.165) is 34.7 Å². The molecule has 0 saturated heterocycles. The molecule has 0 N–H and O–H groups in total. The van der Waals surface area contributed by atoms with Crippen molar-refractivity contribution in [3.8, 4) is 44.5 Å². The van der Waals surface area contributed by atoms with Crippen LogP contribution in [0.2, 0.25) is 0 Å². The lowest BCUT2D eigenvalue weighted by molar-refractivity contribution is 0.449. The van der Waals surface area contributed by atoms with Gasteiger partial charge in [-0.2, -0.15) is 0 Å². The van der Waals surface area contributed by atoms with Crippen LogP contribution in [0.5, 0.6) is 0 Å². The molecule has 0 aliphatic carbocycles. The van der Waals surface area contributed by atoms with Crippen LogP contribution in [0.15, 0.2) is 97.1 Å². The van der Waals surface area contributed by atoms with Gasteiger partial charge in [-0.3, -0.25) is 0 Å². The zero-order chi connectivity index (χ0) is 25.4. The second-order valence-corrected chi connectivity index (χ2v) is 8.87. The van der Waals surface area contributed by atoms with Gasteiger partial charge < -0.3 is 0 Å². The van der Waals surface area contributed by atoms with Crippen molar-refractivity contribution in [3.05, 3.63) is 131 Å². The molecule has 4 heteroatoms. The Kier molecular flexibility index (Phi) is 6.19. The summed E-state index contributed by atoms with van der Waals surface area (Å²) in [4.78, 5) is 0. The molecule has 36 heavy (non-hydrogen) atoms. The number of hydrogen-bond acceptors (Lipinski definition) is 0. The van der Waals surface area contributed by atoms with Crippen molar-refractivity contribution in [1.29, 1.82) is 0 Å². The first-order valence-electron chi connectivity index (χ1n) is 11.5. The molecule has 0 nitrogen and oxygen atoms in total. The number of rotatable bonds is 4. The van der Waals surface area contributed by atoms with Gasteiger partial charge >= 0.3 is 0 Å². The molecule has 0 amide bonds. The first kappa shape index (κ1) is 23.6. The molecule has 0 aromatic heterocycles. The Bertz CT molecular complexity index is 1490. The number of aryl methyl sites for hydroxylation is 1. The molecule has 0 bridgehead atoms. The fourth-order valence-corrected chi connectivity index (χ4v) is 4.48. The van der Waals surface area contributed by atoms with Crippen LogP contribution >= 0.6 is 0 Å². The summed E-state index contributed by atoms with van der Waals surface area (Å²) in [6, 6.07) is 30.9. The normalized spacial score (nSPS) is 11.1. The van der Waals surface area contributed by atoms with Crippen molar-refractivity contribution in [2.24, 2.45) is 0 Å². The SMILES string of the molecule is Cc1cc(-c2cc(-c3ccccc3)cc(-c3ccccc3)c2)cc(-c2c(F)c(F)c(C)c(F)c2F)c1. The summed E-state index contributed by atoms with van der Waals surface area (Å²) in [5.74, 6) is -5.56. The molecule has 0 atom stereocenters. The average molecular weight is 483 g/mol. The number of halogens is 4. The molecule has 5 aromatic carbocycles. The van der Waals surface area contributed by atoms with Gasteiger partial charge in [-0.05, 0) is 82.6 Å². The van der Waals surface area contributed by atoms with Gasteiger partial charge in [-0.15, -0.1) is 0 Å². The molecule has 0 aliphatic heterocycles. The van der Waals surface area contributed by atoms with Crippen LogP contribution in [-0.2, 0) is 0 Å². The summed E-state index contributed by atoms with van der Waals surface area (Å²) in [5.41, 5.74) is 4.87. The van der Waals surface area contributed by atoms with Gasteiger partial charge in [0.2, 0.25) is 0 Å². The largest absolute Gasteiger partial charge is 0.203 e. The predicted molar refractivity (Wildman–Crippen MR) is 137 cm³/mol. The van der Waals surface area contributed by atoms with Gasteiger partial charge in [-0.1, -0.05) is 72.8 Å². The van der Waals surface area contributed by atoms with Crippen molar-refractivity contribution in [3.63, 3.8) is 0 Å². The van der Waals surface area contributed by atoms with E-state index in [9.17, 15) is 17.6 Å². The van der Waals surface area contributed by atoms with Crippen LogP contribution in [0.3, 0.4) is 0 Å². The summed E-state index contributed by atoms with van der Waals surface area (Å²) < 4.78 is 58.4. The fraction of sp³-hybridized carbons (Fsp3) is 0.0625. The standard InChI is InChI=1S/C32H22F4/c1-19-13-23(18-27(14-19)28-31(35)29(33)20(2)30(34)32(28)36)26-16-24(21-9-5-3-6-10-21)15-25(17-26)22-11-7-4-8-12-22/h3-18H,1-2H3. The topological polar surface area (TPSA) is 0 Å². The Morgan fingerprint density at radius 1 is 0.389 bits per heavy atom. The van der Waals surface area contributed by atoms with E-state index in [-0.39, 0.29) is 5.56 Å². The highest BCUT2D eigenvalue weighted by molar-refractivity contribution is 5.83. The van der Waals surface area contributed by atoms with E-state index in [4.69, 9.17) is 0 Å². The Labute approximate surface area is 207 Å². The Hall–Kier alpha value is -4.18. The highest BCUT2D eigenvalue weighted by Crippen LogP contribution is 2.37. The highest BCUT2D eigenvalue weighted by atomic mass is 19.2. The third kappa shape index (κ3) is 4.31. The third-order valence-corrected chi connectivity index (χ3v) is 6.33. The van der Waals surface area contributed by atoms with Crippen LogP contribution < -0.4 is 0 Å². The van der Waals surface area contributed by atoms with Crippen molar-refractivity contribution in [2.45, 2.75) is 13.8 Å². The second-order valence-electron chi connectivity index (χ2n) is 8.87. The maximum atomic E-state index is 14.8. The van der Waals surface area contributed by atoms with Crippen LogP contribution in [0, 0.1) is 37.1 Å². The minimum absolute atomic E-state index is 0.0733. The zero-order valence-electron chi connectivity index (χ0n) is 19.7. The monoisotopic (exact) mass is 482 g/mol. The molecule has 5 rings (SSSR count). The van der Waals surface area contributed by atoms with Crippen molar-refractivity contribution >= 4 is 0 Å². The Morgan fingerprint density at radius 2 is 0.750 bits per heavy atom. The van der Waals surface area contributed by atoms with Crippen molar-refractivity contribution in [2.75, 3.05) is 0 Å². The second kappa shape index (κ2) is 9.46. The molecule has 0 radical (unpaired) electrons. The highest BCUT2D eigenvalue weighted by Gasteiger charge is 2.24. The first-order chi connectivity index (χ1) is 17.3. The third-order valence-electron chi connectivity index (χ3n) is 6.33. The molecule has 0 fully saturated rings. The minimum atomic E-state index is -1.40. The van der Waals surface area contributed by atoms with Gasteiger partial charge in [0.25, 0.3) is 0 Å².